The predicted octanol–water partition coefficient (Wildman–Crippen LogP) is 3.17. The fourth-order valence-electron chi connectivity index (χ4n) is 1.58. The molecule has 2 rings (SSSR count). The fraction of sp³-hybridized carbons (Fsp3) is 0.143. The normalized spacial score (nSPS) is 10.2. The molecule has 0 unspecified atom stereocenters. The molecule has 1 aromatic heterocycles. The van der Waals surface area contributed by atoms with Gasteiger partial charge in [-0.1, -0.05) is 11.8 Å². The number of hydrogen-bond donors (Lipinski definition) is 2. The van der Waals surface area contributed by atoms with Crippen molar-refractivity contribution in [2.24, 2.45) is 0 Å². The van der Waals surface area contributed by atoms with E-state index in [4.69, 9.17) is 10.5 Å². The Kier molecular flexibility index (Phi) is 5.46. The number of halogens is 1. The van der Waals surface area contributed by atoms with Crippen LogP contribution in [0, 0.1) is 0 Å². The summed E-state index contributed by atoms with van der Waals surface area (Å²) in [6, 6.07) is 8.83. The van der Waals surface area contributed by atoms with Crippen LogP contribution in [-0.4, -0.2) is 23.8 Å². The first-order valence-corrected chi connectivity index (χ1v) is 7.84. The highest BCUT2D eigenvalue weighted by atomic mass is 79.9. The van der Waals surface area contributed by atoms with Gasteiger partial charge in [0.05, 0.1) is 24.2 Å². The molecule has 0 spiro atoms. The lowest BCUT2D eigenvalue weighted by atomic mass is 10.2. The predicted molar refractivity (Wildman–Crippen MR) is 88.7 cm³/mol. The number of ether oxygens (including phenoxy) is 1. The van der Waals surface area contributed by atoms with Crippen molar-refractivity contribution in [3.63, 3.8) is 0 Å². The number of thioether (sulfide) groups is 1. The maximum absolute atomic E-state index is 11.9. The van der Waals surface area contributed by atoms with Gasteiger partial charge in [0.25, 0.3) is 0 Å². The molecule has 3 N–H and O–H groups in total. The molecule has 1 heterocycles. The maximum atomic E-state index is 11.9. The van der Waals surface area contributed by atoms with Crippen LogP contribution < -0.4 is 15.8 Å². The summed E-state index contributed by atoms with van der Waals surface area (Å²) in [6.45, 7) is 0. The summed E-state index contributed by atoms with van der Waals surface area (Å²) in [5.41, 5.74) is 6.89. The van der Waals surface area contributed by atoms with Crippen molar-refractivity contribution in [3.05, 3.63) is 41.0 Å². The third-order valence-corrected chi connectivity index (χ3v) is 4.51. The Morgan fingerprint density at radius 2 is 2.29 bits per heavy atom. The number of amides is 1. The van der Waals surface area contributed by atoms with Crippen molar-refractivity contribution >= 4 is 45.0 Å². The Balaban J connectivity index is 1.95. The molecule has 5 nitrogen and oxygen atoms in total. The third-order valence-electron chi connectivity index (χ3n) is 2.60. The van der Waals surface area contributed by atoms with E-state index < -0.39 is 0 Å². The monoisotopic (exact) mass is 367 g/mol. The molecule has 7 heteroatoms. The number of carbonyl (C=O) groups is 1. The van der Waals surface area contributed by atoms with Gasteiger partial charge < -0.3 is 15.8 Å². The Hall–Kier alpha value is -1.73. The lowest BCUT2D eigenvalue weighted by Crippen LogP contribution is -2.15. The van der Waals surface area contributed by atoms with Crippen molar-refractivity contribution in [2.45, 2.75) is 5.03 Å². The first-order valence-electron chi connectivity index (χ1n) is 6.07. The van der Waals surface area contributed by atoms with E-state index in [1.165, 1.54) is 11.8 Å². The number of rotatable bonds is 5. The van der Waals surface area contributed by atoms with Gasteiger partial charge in [0.15, 0.2) is 0 Å². The number of anilines is 2. The molecule has 0 aliphatic heterocycles. The summed E-state index contributed by atoms with van der Waals surface area (Å²) in [6.07, 6.45) is 1.69. The molecule has 0 aliphatic rings. The molecule has 21 heavy (non-hydrogen) atoms. The van der Waals surface area contributed by atoms with Crippen LogP contribution in [-0.2, 0) is 4.79 Å². The molecule has 1 amide bonds. The highest BCUT2D eigenvalue weighted by Crippen LogP contribution is 2.26. The van der Waals surface area contributed by atoms with E-state index in [2.05, 4.69) is 26.2 Å². The minimum Gasteiger partial charge on any atom is -0.497 e. The second-order valence-corrected chi connectivity index (χ2v) is 5.90. The molecule has 0 atom stereocenters. The average Bonchev–Trinajstić information content (AvgIpc) is 2.48. The zero-order chi connectivity index (χ0) is 15.2. The van der Waals surface area contributed by atoms with Gasteiger partial charge >= 0.3 is 0 Å². The SMILES string of the molecule is COc1ccc(NC(=O)CSc2ncccc2Br)c(N)c1. The van der Waals surface area contributed by atoms with Crippen LogP contribution in [0.25, 0.3) is 0 Å². The molecule has 0 fully saturated rings. The highest BCUT2D eigenvalue weighted by molar-refractivity contribution is 9.10. The summed E-state index contributed by atoms with van der Waals surface area (Å²) < 4.78 is 5.93. The zero-order valence-electron chi connectivity index (χ0n) is 11.3. The lowest BCUT2D eigenvalue weighted by Gasteiger charge is -2.09. The number of benzene rings is 1. The van der Waals surface area contributed by atoms with Crippen LogP contribution >= 0.6 is 27.7 Å². The molecule has 2 aromatic rings. The van der Waals surface area contributed by atoms with Crippen molar-refractivity contribution in [1.82, 2.24) is 4.98 Å². The molecule has 110 valence electrons. The standard InChI is InChI=1S/C14H14BrN3O2S/c1-20-9-4-5-12(11(16)7-9)18-13(19)8-21-14-10(15)3-2-6-17-14/h2-7H,8,16H2,1H3,(H,18,19). The van der Waals surface area contributed by atoms with Crippen molar-refractivity contribution < 1.29 is 9.53 Å². The number of nitrogens with zero attached hydrogens (tertiary/aromatic N) is 1. The number of nitrogens with two attached hydrogens (primary N) is 1. The molecule has 0 saturated heterocycles. The van der Waals surface area contributed by atoms with E-state index in [-0.39, 0.29) is 11.7 Å². The van der Waals surface area contributed by atoms with E-state index in [9.17, 15) is 4.79 Å². The van der Waals surface area contributed by atoms with Gasteiger partial charge in [-0.2, -0.15) is 0 Å². The molecule has 1 aromatic carbocycles. The average molecular weight is 368 g/mol. The number of hydrogen-bond acceptors (Lipinski definition) is 5. The summed E-state index contributed by atoms with van der Waals surface area (Å²) >= 11 is 4.74. The molecule has 0 saturated carbocycles. The van der Waals surface area contributed by atoms with Gasteiger partial charge in [0.2, 0.25) is 5.91 Å². The Morgan fingerprint density at radius 3 is 2.95 bits per heavy atom. The van der Waals surface area contributed by atoms with Gasteiger partial charge in [-0.3, -0.25) is 4.79 Å². The number of methoxy groups -OCH3 is 1. The van der Waals surface area contributed by atoms with Crippen molar-refractivity contribution in [2.75, 3.05) is 23.9 Å². The number of aromatic nitrogens is 1. The van der Waals surface area contributed by atoms with Crippen LogP contribution in [0.4, 0.5) is 11.4 Å². The summed E-state index contributed by atoms with van der Waals surface area (Å²) in [5, 5.41) is 3.54. The van der Waals surface area contributed by atoms with E-state index in [0.717, 1.165) is 9.50 Å². The zero-order valence-corrected chi connectivity index (χ0v) is 13.7. The largest absolute Gasteiger partial charge is 0.497 e. The maximum Gasteiger partial charge on any atom is 0.234 e. The molecular weight excluding hydrogens is 354 g/mol. The van der Waals surface area contributed by atoms with Gasteiger partial charge in [-0.15, -0.1) is 0 Å². The number of carbonyl (C=O) groups excluding carboxylic acids is 1. The van der Waals surface area contributed by atoms with Crippen LogP contribution in [0.5, 0.6) is 5.75 Å². The van der Waals surface area contributed by atoms with Gasteiger partial charge in [0, 0.05) is 16.7 Å². The topological polar surface area (TPSA) is 77.2 Å². The number of nitrogens with one attached hydrogen (secondary N) is 1. The van der Waals surface area contributed by atoms with E-state index in [1.54, 1.807) is 31.5 Å². The fourth-order valence-corrected chi connectivity index (χ4v) is 2.86. The van der Waals surface area contributed by atoms with Gasteiger partial charge in [0.1, 0.15) is 10.8 Å². The smallest absolute Gasteiger partial charge is 0.234 e. The minimum atomic E-state index is -0.144. The van der Waals surface area contributed by atoms with Crippen molar-refractivity contribution in [1.29, 1.82) is 0 Å². The van der Waals surface area contributed by atoms with Crippen LogP contribution in [0.15, 0.2) is 46.0 Å². The number of pyridine rings is 1. The van der Waals surface area contributed by atoms with Gasteiger partial charge in [-0.25, -0.2) is 4.98 Å². The van der Waals surface area contributed by atoms with Crippen LogP contribution in [0.1, 0.15) is 0 Å². The Labute approximate surface area is 135 Å². The van der Waals surface area contributed by atoms with Crippen molar-refractivity contribution in [3.8, 4) is 5.75 Å². The first kappa shape index (κ1) is 15.7. The minimum absolute atomic E-state index is 0.144. The second-order valence-electron chi connectivity index (χ2n) is 4.08. The number of nitrogen functional groups attached to an aromatic ring is 1. The van der Waals surface area contributed by atoms with E-state index >= 15 is 0 Å². The third kappa shape index (κ3) is 4.37. The van der Waals surface area contributed by atoms with Gasteiger partial charge in [-0.05, 0) is 40.2 Å². The van der Waals surface area contributed by atoms with Crippen LogP contribution in [0.2, 0.25) is 0 Å². The molecular formula is C14H14BrN3O2S. The molecule has 0 bridgehead atoms. The quantitative estimate of drug-likeness (QED) is 0.626. The van der Waals surface area contributed by atoms with Crippen LogP contribution in [0.3, 0.4) is 0 Å². The first-order chi connectivity index (χ1) is 10.1. The van der Waals surface area contributed by atoms with E-state index in [1.807, 2.05) is 12.1 Å². The Morgan fingerprint density at radius 1 is 1.48 bits per heavy atom. The molecule has 0 radical (unpaired) electrons. The Bertz CT molecular complexity index is 652. The summed E-state index contributed by atoms with van der Waals surface area (Å²) in [7, 11) is 1.56. The molecule has 0 aliphatic carbocycles. The lowest BCUT2D eigenvalue weighted by molar-refractivity contribution is -0.113. The summed E-state index contributed by atoms with van der Waals surface area (Å²) in [4.78, 5) is 16.1. The second kappa shape index (κ2) is 7.33. The summed E-state index contributed by atoms with van der Waals surface area (Å²) in [5.74, 6) is 0.757. The van der Waals surface area contributed by atoms with E-state index in [0.29, 0.717) is 17.1 Å². The highest BCUT2D eigenvalue weighted by Gasteiger charge is 2.09.